The van der Waals surface area contributed by atoms with E-state index in [1.54, 1.807) is 24.3 Å². The average molecular weight is 465 g/mol. The number of aliphatic hydroxyl groups excluding tert-OH is 1. The number of benzene rings is 1. The molecular weight excluding hydrogens is 424 g/mol. The van der Waals surface area contributed by atoms with E-state index in [2.05, 4.69) is 5.32 Å². The van der Waals surface area contributed by atoms with Gasteiger partial charge in [0.1, 0.15) is 11.8 Å². The number of likely N-dealkylation sites (N-methyl/N-ethyl adjacent to an activating group) is 1. The normalized spacial score (nSPS) is 13.8. The highest BCUT2D eigenvalue weighted by Gasteiger charge is 2.25. The molecule has 2 amide bonds. The van der Waals surface area contributed by atoms with Crippen molar-refractivity contribution in [1.82, 2.24) is 10.2 Å². The lowest BCUT2D eigenvalue weighted by atomic mass is 10.0. The number of nitrogens with one attached hydrogen (secondary N) is 1. The van der Waals surface area contributed by atoms with Crippen molar-refractivity contribution in [1.29, 1.82) is 0 Å². The summed E-state index contributed by atoms with van der Waals surface area (Å²) in [6, 6.07) is 6.13. The second kappa shape index (κ2) is 16.9. The monoisotopic (exact) mass is 464 g/mol. The number of rotatable bonds is 12. The Bertz CT molecular complexity index is 709. The zero-order valence-corrected chi connectivity index (χ0v) is 20.1. The lowest BCUT2D eigenvalue weighted by Gasteiger charge is -2.24. The number of hydrogen-bond donors (Lipinski definition) is 3. The van der Waals surface area contributed by atoms with E-state index in [0.29, 0.717) is 31.6 Å². The molecule has 0 heterocycles. The quantitative estimate of drug-likeness (QED) is 0.409. The van der Waals surface area contributed by atoms with Gasteiger partial charge in [-0.2, -0.15) is 0 Å². The third kappa shape index (κ3) is 12.3. The van der Waals surface area contributed by atoms with E-state index in [4.69, 9.17) is 9.84 Å². The predicted octanol–water partition coefficient (Wildman–Crippen LogP) is 3.16. The number of aliphatic carboxylic acids is 1. The molecule has 2 rings (SSSR count). The Morgan fingerprint density at radius 1 is 1.12 bits per heavy atom. The summed E-state index contributed by atoms with van der Waals surface area (Å²) in [6.07, 6.45) is 10.6. The number of carboxylic acids is 1. The molecule has 0 saturated heterocycles. The van der Waals surface area contributed by atoms with Gasteiger partial charge < -0.3 is 25.2 Å². The minimum atomic E-state index is -1.06. The minimum absolute atomic E-state index is 0.0472. The Morgan fingerprint density at radius 2 is 1.76 bits per heavy atom. The first kappa shape index (κ1) is 28.4. The smallest absolute Gasteiger partial charge is 0.326 e. The van der Waals surface area contributed by atoms with Gasteiger partial charge in [0.25, 0.3) is 0 Å². The van der Waals surface area contributed by atoms with Crippen LogP contribution in [0.15, 0.2) is 24.3 Å². The summed E-state index contributed by atoms with van der Waals surface area (Å²) in [6.45, 7) is 2.02. The third-order valence-electron chi connectivity index (χ3n) is 5.48. The Morgan fingerprint density at radius 3 is 2.30 bits per heavy atom. The summed E-state index contributed by atoms with van der Waals surface area (Å²) in [5.41, 5.74) is 0.726. The van der Waals surface area contributed by atoms with E-state index < -0.39 is 17.9 Å². The summed E-state index contributed by atoms with van der Waals surface area (Å²) in [4.78, 5) is 36.6. The fourth-order valence-electron chi connectivity index (χ4n) is 3.54. The lowest BCUT2D eigenvalue weighted by Crippen LogP contribution is -2.46. The van der Waals surface area contributed by atoms with E-state index in [1.807, 2.05) is 6.92 Å². The molecule has 1 saturated carbocycles. The fraction of sp³-hybridized carbons (Fsp3) is 0.640. The predicted molar refractivity (Wildman–Crippen MR) is 127 cm³/mol. The van der Waals surface area contributed by atoms with Gasteiger partial charge in [0.15, 0.2) is 0 Å². The molecule has 0 aliphatic heterocycles. The summed E-state index contributed by atoms with van der Waals surface area (Å²) in [7, 11) is 1.43. The SMILES string of the molecule is C1CCCCC1.CCCC(C(=O)O)N(C)C(=O)CNC(=O)Cc1cccc(OCCCO)c1. The first-order valence-corrected chi connectivity index (χ1v) is 12.0. The molecule has 186 valence electrons. The van der Waals surface area contributed by atoms with E-state index in [9.17, 15) is 19.5 Å². The zero-order valence-electron chi connectivity index (χ0n) is 20.1. The molecular formula is C25H40N2O6. The molecule has 1 aromatic carbocycles. The Kier molecular flexibility index (Phi) is 14.6. The summed E-state index contributed by atoms with van der Waals surface area (Å²) < 4.78 is 5.46. The average Bonchev–Trinajstić information content (AvgIpc) is 2.82. The van der Waals surface area contributed by atoms with E-state index in [-0.39, 0.29) is 25.5 Å². The number of nitrogens with zero attached hydrogens (tertiary/aromatic N) is 1. The van der Waals surface area contributed by atoms with Crippen molar-refractivity contribution in [2.24, 2.45) is 0 Å². The first-order valence-electron chi connectivity index (χ1n) is 12.0. The molecule has 1 aliphatic carbocycles. The first-order chi connectivity index (χ1) is 15.9. The van der Waals surface area contributed by atoms with E-state index in [1.165, 1.54) is 45.6 Å². The lowest BCUT2D eigenvalue weighted by molar-refractivity contribution is -0.149. The molecule has 0 aromatic heterocycles. The van der Waals surface area contributed by atoms with Gasteiger partial charge >= 0.3 is 5.97 Å². The highest BCUT2D eigenvalue weighted by molar-refractivity contribution is 5.88. The highest BCUT2D eigenvalue weighted by Crippen LogP contribution is 2.15. The number of amides is 2. The Balaban J connectivity index is 0.000000779. The van der Waals surface area contributed by atoms with Crippen molar-refractivity contribution in [3.63, 3.8) is 0 Å². The third-order valence-corrected chi connectivity index (χ3v) is 5.48. The maximum atomic E-state index is 12.1. The van der Waals surface area contributed by atoms with Crippen LogP contribution in [0.5, 0.6) is 5.75 Å². The van der Waals surface area contributed by atoms with Gasteiger partial charge in [0.05, 0.1) is 19.6 Å². The van der Waals surface area contributed by atoms with Crippen LogP contribution in [-0.2, 0) is 20.8 Å². The summed E-state index contributed by atoms with van der Waals surface area (Å²) >= 11 is 0. The molecule has 1 unspecified atom stereocenters. The van der Waals surface area contributed by atoms with E-state index in [0.717, 1.165) is 10.5 Å². The number of carboxylic acid groups (broad SMARTS) is 1. The molecule has 0 spiro atoms. The van der Waals surface area contributed by atoms with E-state index >= 15 is 0 Å². The molecule has 8 nitrogen and oxygen atoms in total. The van der Waals surface area contributed by atoms with Crippen LogP contribution in [0.2, 0.25) is 0 Å². The number of carbonyl (C=O) groups excluding carboxylic acids is 2. The van der Waals surface area contributed by atoms with Crippen LogP contribution in [0.25, 0.3) is 0 Å². The fourth-order valence-corrected chi connectivity index (χ4v) is 3.54. The summed E-state index contributed by atoms with van der Waals surface area (Å²) in [5.74, 6) is -1.25. The maximum absolute atomic E-state index is 12.1. The van der Waals surface area contributed by atoms with Crippen molar-refractivity contribution in [3.8, 4) is 5.75 Å². The standard InChI is InChI=1S/C19H28N2O6.C6H12/c1-3-6-16(19(25)26)21(2)18(24)13-20-17(23)12-14-7-4-8-15(11-14)27-10-5-9-22;1-2-4-6-5-3-1/h4,7-8,11,16,22H,3,5-6,9-10,12-13H2,1-2H3,(H,20,23)(H,25,26);1-6H2. The zero-order chi connectivity index (χ0) is 24.5. The molecule has 33 heavy (non-hydrogen) atoms. The Hall–Kier alpha value is -2.61. The van der Waals surface area contributed by atoms with Crippen molar-refractivity contribution >= 4 is 17.8 Å². The number of ether oxygens (including phenoxy) is 1. The van der Waals surface area contributed by atoms with Gasteiger partial charge in [0, 0.05) is 20.1 Å². The van der Waals surface area contributed by atoms with Crippen LogP contribution in [0, 0.1) is 0 Å². The number of aliphatic hydroxyl groups is 1. The van der Waals surface area contributed by atoms with Crippen molar-refractivity contribution in [3.05, 3.63) is 29.8 Å². The van der Waals surface area contributed by atoms with Gasteiger partial charge in [-0.15, -0.1) is 0 Å². The van der Waals surface area contributed by atoms with Gasteiger partial charge in [-0.3, -0.25) is 9.59 Å². The largest absolute Gasteiger partial charge is 0.493 e. The van der Waals surface area contributed by atoms with Crippen LogP contribution in [-0.4, -0.2) is 65.7 Å². The van der Waals surface area contributed by atoms with Crippen molar-refractivity contribution < 1.29 is 29.3 Å². The molecule has 1 aliphatic rings. The second-order valence-electron chi connectivity index (χ2n) is 8.30. The molecule has 1 atom stereocenters. The van der Waals surface area contributed by atoms with Gasteiger partial charge in [-0.25, -0.2) is 4.79 Å². The topological polar surface area (TPSA) is 116 Å². The molecule has 1 aromatic rings. The summed E-state index contributed by atoms with van der Waals surface area (Å²) in [5, 5.41) is 20.5. The van der Waals surface area contributed by atoms with Gasteiger partial charge in [-0.05, 0) is 24.1 Å². The van der Waals surface area contributed by atoms with Crippen LogP contribution in [0.3, 0.4) is 0 Å². The molecule has 1 fully saturated rings. The van der Waals surface area contributed by atoms with Crippen LogP contribution in [0.4, 0.5) is 0 Å². The highest BCUT2D eigenvalue weighted by atomic mass is 16.5. The second-order valence-corrected chi connectivity index (χ2v) is 8.30. The molecule has 8 heteroatoms. The Labute approximate surface area is 197 Å². The number of hydrogen-bond acceptors (Lipinski definition) is 5. The molecule has 3 N–H and O–H groups in total. The van der Waals surface area contributed by atoms with Crippen LogP contribution >= 0.6 is 0 Å². The number of carbonyl (C=O) groups is 3. The minimum Gasteiger partial charge on any atom is -0.493 e. The van der Waals surface area contributed by atoms with Gasteiger partial charge in [0.2, 0.25) is 11.8 Å². The van der Waals surface area contributed by atoms with Crippen molar-refractivity contribution in [2.45, 2.75) is 77.2 Å². The maximum Gasteiger partial charge on any atom is 0.326 e. The molecule has 0 radical (unpaired) electrons. The molecule has 0 bridgehead atoms. The van der Waals surface area contributed by atoms with Crippen LogP contribution in [0.1, 0.15) is 70.3 Å². The van der Waals surface area contributed by atoms with Crippen molar-refractivity contribution in [2.75, 3.05) is 26.8 Å². The van der Waals surface area contributed by atoms with Gasteiger partial charge in [-0.1, -0.05) is 64.0 Å². The van der Waals surface area contributed by atoms with Crippen LogP contribution < -0.4 is 10.1 Å².